The summed E-state index contributed by atoms with van der Waals surface area (Å²) in [5, 5.41) is 10.0. The smallest absolute Gasteiger partial charge is 0.144 e. The number of benzene rings is 1. The summed E-state index contributed by atoms with van der Waals surface area (Å²) in [5.74, 6) is -0.0953. The van der Waals surface area contributed by atoms with Gasteiger partial charge < -0.3 is 20.9 Å². The fourth-order valence-electron chi connectivity index (χ4n) is 3.97. The quantitative estimate of drug-likeness (QED) is 0.767. The molecule has 1 aromatic heterocycles. The van der Waals surface area contributed by atoms with E-state index in [-0.39, 0.29) is 17.9 Å². The van der Waals surface area contributed by atoms with Crippen LogP contribution in [0.1, 0.15) is 18.4 Å². The number of nitrogens with zero attached hydrogens (tertiary/aromatic N) is 3. The summed E-state index contributed by atoms with van der Waals surface area (Å²) < 4.78 is 14.7. The lowest BCUT2D eigenvalue weighted by atomic mass is 10.1. The first-order valence-corrected chi connectivity index (χ1v) is 9.49. The van der Waals surface area contributed by atoms with E-state index in [1.54, 1.807) is 12.4 Å². The molecular formula is C20H23FN6. The highest BCUT2D eigenvalue weighted by Crippen LogP contribution is 2.39. The van der Waals surface area contributed by atoms with Crippen LogP contribution in [-0.2, 0) is 6.54 Å². The Morgan fingerprint density at radius 2 is 2.04 bits per heavy atom. The number of rotatable bonds is 4. The topological polar surface area (TPSA) is 65.1 Å². The molecule has 0 bridgehead atoms. The standard InChI is InChI=1S/C20H23FN6/c21-15-11-22-12-18(19(15)27-8-7-26-20(13-27)3-4-20)25-10-14-1-2-16-17(9-14)24-6-5-23-16/h1-2,5-6,9,12,22,25-26H,3-4,7-8,10-11,13H2. The van der Waals surface area contributed by atoms with Crippen LogP contribution < -0.4 is 16.0 Å². The van der Waals surface area contributed by atoms with E-state index in [0.717, 1.165) is 41.9 Å². The van der Waals surface area contributed by atoms with Crippen LogP contribution in [0.15, 0.2) is 54.0 Å². The maximum Gasteiger partial charge on any atom is 0.144 e. The second-order valence-electron chi connectivity index (χ2n) is 7.55. The average molecular weight is 366 g/mol. The molecule has 0 amide bonds. The van der Waals surface area contributed by atoms with Gasteiger partial charge in [-0.25, -0.2) is 4.39 Å². The van der Waals surface area contributed by atoms with Gasteiger partial charge in [-0.15, -0.1) is 0 Å². The van der Waals surface area contributed by atoms with Gasteiger partial charge in [0.2, 0.25) is 0 Å². The first kappa shape index (κ1) is 16.5. The minimum Gasteiger partial charge on any atom is -0.383 e. The van der Waals surface area contributed by atoms with Gasteiger partial charge in [-0.1, -0.05) is 6.07 Å². The molecule has 0 atom stereocenters. The molecule has 3 heterocycles. The Balaban J connectivity index is 1.34. The van der Waals surface area contributed by atoms with E-state index in [2.05, 4.69) is 30.8 Å². The van der Waals surface area contributed by atoms with Crippen LogP contribution in [0.3, 0.4) is 0 Å². The molecule has 2 fully saturated rings. The molecule has 1 saturated heterocycles. The zero-order valence-electron chi connectivity index (χ0n) is 15.1. The summed E-state index contributed by atoms with van der Waals surface area (Å²) in [6.07, 6.45) is 7.64. The van der Waals surface area contributed by atoms with Gasteiger partial charge in [0.15, 0.2) is 0 Å². The third kappa shape index (κ3) is 3.23. The van der Waals surface area contributed by atoms with Gasteiger partial charge in [-0.2, -0.15) is 0 Å². The number of piperazine rings is 1. The van der Waals surface area contributed by atoms with Crippen molar-refractivity contribution in [2.45, 2.75) is 24.9 Å². The molecular weight excluding hydrogens is 343 g/mol. The fourth-order valence-corrected chi connectivity index (χ4v) is 3.97. The Morgan fingerprint density at radius 3 is 2.89 bits per heavy atom. The molecule has 5 rings (SSSR count). The number of fused-ring (bicyclic) bond motifs is 1. The van der Waals surface area contributed by atoms with E-state index < -0.39 is 0 Å². The summed E-state index contributed by atoms with van der Waals surface area (Å²) in [4.78, 5) is 10.9. The average Bonchev–Trinajstić information content (AvgIpc) is 3.44. The molecule has 27 heavy (non-hydrogen) atoms. The molecule has 6 nitrogen and oxygen atoms in total. The third-order valence-electron chi connectivity index (χ3n) is 5.58. The molecule has 1 aromatic carbocycles. The molecule has 0 unspecified atom stereocenters. The van der Waals surface area contributed by atoms with Crippen molar-refractivity contribution in [1.82, 2.24) is 30.8 Å². The molecule has 2 aliphatic heterocycles. The number of aromatic nitrogens is 2. The van der Waals surface area contributed by atoms with Gasteiger partial charge in [0.05, 0.1) is 29.0 Å². The highest BCUT2D eigenvalue weighted by atomic mass is 19.1. The summed E-state index contributed by atoms with van der Waals surface area (Å²) in [6, 6.07) is 6.03. The molecule has 1 spiro atoms. The van der Waals surface area contributed by atoms with E-state index in [1.165, 1.54) is 12.8 Å². The van der Waals surface area contributed by atoms with Crippen LogP contribution in [0.2, 0.25) is 0 Å². The first-order valence-electron chi connectivity index (χ1n) is 9.49. The van der Waals surface area contributed by atoms with Gasteiger partial charge in [0.1, 0.15) is 5.83 Å². The Hall–Kier alpha value is -2.67. The number of halogens is 1. The molecule has 1 saturated carbocycles. The normalized spacial score (nSPS) is 21.2. The van der Waals surface area contributed by atoms with Gasteiger partial charge >= 0.3 is 0 Å². The SMILES string of the molecule is FC1=C(N2CCNC3(CC3)C2)C(NCc2ccc3nccnc3c2)=CNC1. The lowest BCUT2D eigenvalue weighted by Gasteiger charge is -2.39. The largest absolute Gasteiger partial charge is 0.383 e. The van der Waals surface area contributed by atoms with Gasteiger partial charge in [0.25, 0.3) is 0 Å². The van der Waals surface area contributed by atoms with Crippen LogP contribution in [0.25, 0.3) is 11.0 Å². The van der Waals surface area contributed by atoms with E-state index in [0.29, 0.717) is 12.2 Å². The van der Waals surface area contributed by atoms with Crippen molar-refractivity contribution >= 4 is 11.0 Å². The van der Waals surface area contributed by atoms with Crippen molar-refractivity contribution in [3.8, 4) is 0 Å². The van der Waals surface area contributed by atoms with Crippen LogP contribution >= 0.6 is 0 Å². The first-order chi connectivity index (χ1) is 13.2. The van der Waals surface area contributed by atoms with E-state index >= 15 is 0 Å². The highest BCUT2D eigenvalue weighted by molar-refractivity contribution is 5.74. The van der Waals surface area contributed by atoms with Gasteiger partial charge in [-0.05, 0) is 30.5 Å². The van der Waals surface area contributed by atoms with Crippen LogP contribution in [0, 0.1) is 0 Å². The van der Waals surface area contributed by atoms with E-state index in [9.17, 15) is 4.39 Å². The molecule has 1 aliphatic carbocycles. The van der Waals surface area contributed by atoms with Crippen molar-refractivity contribution in [1.29, 1.82) is 0 Å². The molecule has 0 radical (unpaired) electrons. The second-order valence-corrected chi connectivity index (χ2v) is 7.55. The predicted molar refractivity (Wildman–Crippen MR) is 102 cm³/mol. The number of hydrogen-bond acceptors (Lipinski definition) is 6. The Kier molecular flexibility index (Phi) is 3.97. The second kappa shape index (κ2) is 6.49. The zero-order chi connectivity index (χ0) is 18.3. The number of nitrogens with one attached hydrogen (secondary N) is 3. The van der Waals surface area contributed by atoms with E-state index in [1.807, 2.05) is 24.4 Å². The van der Waals surface area contributed by atoms with Crippen molar-refractivity contribution in [3.05, 3.63) is 59.6 Å². The summed E-state index contributed by atoms with van der Waals surface area (Å²) >= 11 is 0. The number of hydrogen-bond donors (Lipinski definition) is 3. The summed E-state index contributed by atoms with van der Waals surface area (Å²) in [7, 11) is 0. The highest BCUT2D eigenvalue weighted by Gasteiger charge is 2.46. The summed E-state index contributed by atoms with van der Waals surface area (Å²) in [5.41, 5.74) is 4.57. The van der Waals surface area contributed by atoms with Crippen molar-refractivity contribution < 1.29 is 4.39 Å². The molecule has 3 N–H and O–H groups in total. The van der Waals surface area contributed by atoms with Crippen LogP contribution in [0.5, 0.6) is 0 Å². The Labute approximate surface area is 157 Å². The van der Waals surface area contributed by atoms with Crippen LogP contribution in [-0.4, -0.2) is 46.6 Å². The fraction of sp³-hybridized carbons (Fsp3) is 0.400. The van der Waals surface area contributed by atoms with Gasteiger partial charge in [-0.3, -0.25) is 9.97 Å². The number of dihydropyridines is 1. The minimum atomic E-state index is -0.0953. The van der Waals surface area contributed by atoms with Crippen LogP contribution in [0.4, 0.5) is 4.39 Å². The summed E-state index contributed by atoms with van der Waals surface area (Å²) in [6.45, 7) is 3.47. The molecule has 140 valence electrons. The third-order valence-corrected chi connectivity index (χ3v) is 5.58. The minimum absolute atomic E-state index is 0.0953. The van der Waals surface area contributed by atoms with Gasteiger partial charge in [0, 0.05) is 50.3 Å². The zero-order valence-corrected chi connectivity index (χ0v) is 15.1. The lowest BCUT2D eigenvalue weighted by Crippen LogP contribution is -2.53. The predicted octanol–water partition coefficient (Wildman–Crippen LogP) is 1.78. The Morgan fingerprint density at radius 1 is 1.19 bits per heavy atom. The molecule has 7 heteroatoms. The van der Waals surface area contributed by atoms with E-state index in [4.69, 9.17) is 0 Å². The van der Waals surface area contributed by atoms with Crippen molar-refractivity contribution in [2.24, 2.45) is 0 Å². The lowest BCUT2D eigenvalue weighted by molar-refractivity contribution is 0.227. The monoisotopic (exact) mass is 366 g/mol. The van der Waals surface area contributed by atoms with Crippen molar-refractivity contribution in [2.75, 3.05) is 26.2 Å². The Bertz CT molecular complexity index is 933. The maximum absolute atomic E-state index is 14.7. The molecule has 2 aromatic rings. The van der Waals surface area contributed by atoms with Crippen molar-refractivity contribution in [3.63, 3.8) is 0 Å². The maximum atomic E-state index is 14.7. The molecule has 3 aliphatic rings.